The summed E-state index contributed by atoms with van der Waals surface area (Å²) in [6, 6.07) is 0. The van der Waals surface area contributed by atoms with E-state index >= 15 is 0 Å². The molecule has 356 valence electrons. The molecule has 1 aliphatic heterocycles. The third-order valence-corrected chi connectivity index (χ3v) is 11.8. The van der Waals surface area contributed by atoms with Crippen LogP contribution >= 0.6 is 7.82 Å². The fraction of sp³-hybridized carbons (Fsp3) is 0.745. The van der Waals surface area contributed by atoms with Crippen molar-refractivity contribution in [2.45, 2.75) is 210 Å². The lowest BCUT2D eigenvalue weighted by Gasteiger charge is -2.41. The second kappa shape index (κ2) is 33.9. The molecule has 10 atom stereocenters. The van der Waals surface area contributed by atoms with E-state index in [-0.39, 0.29) is 12.8 Å². The van der Waals surface area contributed by atoms with Crippen molar-refractivity contribution >= 4 is 19.8 Å². The smallest absolute Gasteiger partial charge is 0.462 e. The van der Waals surface area contributed by atoms with Crippen LogP contribution in [-0.4, -0.2) is 111 Å². The van der Waals surface area contributed by atoms with Gasteiger partial charge in [0.25, 0.3) is 0 Å². The predicted octanol–water partition coefficient (Wildman–Crippen LogP) is 7.93. The van der Waals surface area contributed by atoms with Crippen LogP contribution in [0.5, 0.6) is 0 Å². The number of hydrogen-bond acceptors (Lipinski definition) is 13. The molecule has 0 bridgehead atoms. The van der Waals surface area contributed by atoms with Crippen molar-refractivity contribution in [3.8, 4) is 0 Å². The molecule has 1 aliphatic carbocycles. The topological polar surface area (TPSA) is 222 Å². The van der Waals surface area contributed by atoms with E-state index in [4.69, 9.17) is 23.3 Å². The fourth-order valence-electron chi connectivity index (χ4n) is 6.93. The lowest BCUT2D eigenvalue weighted by atomic mass is 9.85. The minimum absolute atomic E-state index is 0.0601. The highest BCUT2D eigenvalue weighted by atomic mass is 31.2. The van der Waals surface area contributed by atoms with E-state index < -0.39 is 75.7 Å². The van der Waals surface area contributed by atoms with Crippen molar-refractivity contribution in [3.63, 3.8) is 0 Å². The first kappa shape index (κ1) is 55.6. The van der Waals surface area contributed by atoms with Crippen molar-refractivity contribution < 1.29 is 67.8 Å². The number of carbonyl (C=O) groups excluding carboxylic acids is 2. The Morgan fingerprint density at radius 2 is 1.11 bits per heavy atom. The number of phosphoric ester groups is 1. The van der Waals surface area contributed by atoms with Gasteiger partial charge in [0.1, 0.15) is 43.2 Å². The van der Waals surface area contributed by atoms with Crippen LogP contribution in [0.25, 0.3) is 0 Å². The van der Waals surface area contributed by atoms with E-state index in [9.17, 15) is 44.6 Å². The van der Waals surface area contributed by atoms with Gasteiger partial charge in [0.05, 0.1) is 18.8 Å². The Balaban J connectivity index is 1.72. The summed E-state index contributed by atoms with van der Waals surface area (Å²) in [5.41, 5.74) is 0. The van der Waals surface area contributed by atoms with Crippen LogP contribution in [0.15, 0.2) is 60.8 Å². The van der Waals surface area contributed by atoms with Gasteiger partial charge in [-0.3, -0.25) is 18.6 Å². The lowest BCUT2D eigenvalue weighted by Crippen LogP contribution is -2.64. The van der Waals surface area contributed by atoms with Gasteiger partial charge < -0.3 is 44.6 Å². The minimum Gasteiger partial charge on any atom is -0.462 e. The standard InChI is InChI=1S/C47H79O14P/c1-3-5-7-8-9-10-11-12-13-14-15-16-17-18-23-26-30-34-41(49)59-37(36-58-62(55,56)61-47-45(53)43(51)42(50)44(52)46(47)54)35-57-40(48)33-29-25-22-20-19-21-24-28-32-39-38(60-39)31-27-6-4-2/h5,7,9-10,12-13,15-16,24,28,37-39,42-47,50-54H,3-4,6,8,11,14,17-23,25-27,29-36H2,1-2H3,(H,55,56)/b7-5-,10-9-,13-12-,16-15-,28-24-/t37-,38?,39?,42?,43-,44+,45-,46-,47?/m1/s1. The SMILES string of the molecule is CC/C=C\C/C=C\C/C=C\C/C=C\CCCCCCC(=O)O[C@H](COC(=O)CCCCCCC/C=C\CC1OC1CCCCC)COP(=O)(O)OC1[C@H](O)[C@H](O)C(O)[C@H](O)[C@H]1O. The molecule has 1 saturated heterocycles. The van der Waals surface area contributed by atoms with Gasteiger partial charge in [0.15, 0.2) is 6.10 Å². The van der Waals surface area contributed by atoms with Crippen LogP contribution < -0.4 is 0 Å². The van der Waals surface area contributed by atoms with Crippen LogP contribution in [0.3, 0.4) is 0 Å². The molecular formula is C47H79O14P. The molecule has 0 aromatic rings. The number of aliphatic hydroxyl groups is 5. The zero-order valence-electron chi connectivity index (χ0n) is 37.3. The van der Waals surface area contributed by atoms with Crippen molar-refractivity contribution in [1.82, 2.24) is 0 Å². The summed E-state index contributed by atoms with van der Waals surface area (Å²) in [7, 11) is -5.14. The van der Waals surface area contributed by atoms with Gasteiger partial charge in [-0.25, -0.2) is 4.57 Å². The molecule has 0 aromatic heterocycles. The van der Waals surface area contributed by atoms with Crippen LogP contribution in [-0.2, 0) is 37.4 Å². The lowest BCUT2D eigenvalue weighted by molar-refractivity contribution is -0.220. The molecule has 1 heterocycles. The van der Waals surface area contributed by atoms with E-state index in [1.807, 2.05) is 0 Å². The van der Waals surface area contributed by atoms with E-state index in [1.165, 1.54) is 19.3 Å². The highest BCUT2D eigenvalue weighted by Gasteiger charge is 2.51. The molecule has 14 nitrogen and oxygen atoms in total. The van der Waals surface area contributed by atoms with Gasteiger partial charge in [-0.1, -0.05) is 126 Å². The number of rotatable bonds is 36. The number of phosphoric acid groups is 1. The second-order valence-electron chi connectivity index (χ2n) is 16.3. The maximum Gasteiger partial charge on any atom is 0.472 e. The van der Waals surface area contributed by atoms with Gasteiger partial charge in [0, 0.05) is 12.8 Å². The van der Waals surface area contributed by atoms with Crippen LogP contribution in [0.4, 0.5) is 0 Å². The summed E-state index contributed by atoms with van der Waals surface area (Å²) < 4.78 is 39.2. The summed E-state index contributed by atoms with van der Waals surface area (Å²) in [6.07, 6.45) is 28.7. The van der Waals surface area contributed by atoms with Gasteiger partial charge in [-0.15, -0.1) is 0 Å². The zero-order valence-corrected chi connectivity index (χ0v) is 38.2. The molecule has 2 rings (SSSR count). The zero-order chi connectivity index (χ0) is 45.4. The second-order valence-corrected chi connectivity index (χ2v) is 17.7. The fourth-order valence-corrected chi connectivity index (χ4v) is 7.90. The molecule has 5 unspecified atom stereocenters. The van der Waals surface area contributed by atoms with Gasteiger partial charge in [-0.2, -0.15) is 0 Å². The molecule has 2 fully saturated rings. The van der Waals surface area contributed by atoms with Crippen LogP contribution in [0.1, 0.15) is 155 Å². The number of unbranched alkanes of at least 4 members (excludes halogenated alkanes) is 11. The highest BCUT2D eigenvalue weighted by Crippen LogP contribution is 2.47. The predicted molar refractivity (Wildman–Crippen MR) is 239 cm³/mol. The summed E-state index contributed by atoms with van der Waals surface area (Å²) in [6.45, 7) is 3.11. The van der Waals surface area contributed by atoms with Crippen molar-refractivity contribution in [2.75, 3.05) is 13.2 Å². The third kappa shape index (κ3) is 25.7. The Morgan fingerprint density at radius 1 is 0.597 bits per heavy atom. The first-order valence-electron chi connectivity index (χ1n) is 23.2. The molecule has 6 N–H and O–H groups in total. The molecule has 1 saturated carbocycles. The number of hydrogen-bond donors (Lipinski definition) is 6. The molecule has 62 heavy (non-hydrogen) atoms. The molecule has 0 spiro atoms. The average molecular weight is 899 g/mol. The Kier molecular flexibility index (Phi) is 30.5. The van der Waals surface area contributed by atoms with Gasteiger partial charge in [-0.05, 0) is 77.0 Å². The number of carbonyl (C=O) groups is 2. The maximum absolute atomic E-state index is 12.8. The highest BCUT2D eigenvalue weighted by molar-refractivity contribution is 7.47. The van der Waals surface area contributed by atoms with Gasteiger partial charge in [0.2, 0.25) is 0 Å². The van der Waals surface area contributed by atoms with Crippen molar-refractivity contribution in [1.29, 1.82) is 0 Å². The Bertz CT molecular complexity index is 1380. The normalized spacial score (nSPS) is 25.7. The summed E-state index contributed by atoms with van der Waals surface area (Å²) in [4.78, 5) is 35.7. The Hall–Kier alpha value is -2.49. The summed E-state index contributed by atoms with van der Waals surface area (Å²) in [5.74, 6) is -1.15. The number of epoxide rings is 1. The molecule has 0 amide bonds. The molecular weight excluding hydrogens is 819 g/mol. The van der Waals surface area contributed by atoms with Gasteiger partial charge >= 0.3 is 19.8 Å². The van der Waals surface area contributed by atoms with Crippen molar-refractivity contribution in [3.05, 3.63) is 60.8 Å². The number of esters is 2. The first-order valence-corrected chi connectivity index (χ1v) is 24.7. The summed E-state index contributed by atoms with van der Waals surface area (Å²) in [5, 5.41) is 50.2. The molecule has 2 aliphatic rings. The van der Waals surface area contributed by atoms with Crippen molar-refractivity contribution in [2.24, 2.45) is 0 Å². The quantitative estimate of drug-likeness (QED) is 0.0116. The largest absolute Gasteiger partial charge is 0.472 e. The minimum atomic E-state index is -5.14. The Labute approximate surface area is 370 Å². The number of aliphatic hydroxyl groups excluding tert-OH is 5. The Morgan fingerprint density at radius 3 is 1.71 bits per heavy atom. The monoisotopic (exact) mass is 899 g/mol. The van der Waals surface area contributed by atoms with E-state index in [2.05, 4.69) is 74.6 Å². The van der Waals surface area contributed by atoms with Crippen LogP contribution in [0.2, 0.25) is 0 Å². The molecule has 15 heteroatoms. The van der Waals surface area contributed by atoms with E-state index in [0.717, 1.165) is 96.3 Å². The summed E-state index contributed by atoms with van der Waals surface area (Å²) >= 11 is 0. The van der Waals surface area contributed by atoms with E-state index in [1.54, 1.807) is 0 Å². The number of allylic oxidation sites excluding steroid dienone is 9. The van der Waals surface area contributed by atoms with E-state index in [0.29, 0.717) is 25.0 Å². The average Bonchev–Trinajstić information content (AvgIpc) is 4.01. The molecule has 0 aromatic carbocycles. The number of ether oxygens (including phenoxy) is 3. The van der Waals surface area contributed by atoms with Crippen LogP contribution in [0, 0.1) is 0 Å². The first-order chi connectivity index (χ1) is 29.9. The third-order valence-electron chi connectivity index (χ3n) is 10.8. The maximum atomic E-state index is 12.8. The molecule has 0 radical (unpaired) electrons.